The average molecular weight is 144 g/mol. The van der Waals surface area contributed by atoms with Gasteiger partial charge in [0.1, 0.15) is 0 Å². The van der Waals surface area contributed by atoms with Crippen molar-refractivity contribution >= 4 is 0 Å². The number of rotatable bonds is 2. The predicted molar refractivity (Wildman–Crippen MR) is 39.8 cm³/mol. The van der Waals surface area contributed by atoms with Gasteiger partial charge in [-0.15, -0.1) is 0 Å². The lowest BCUT2D eigenvalue weighted by molar-refractivity contribution is -0.209. The van der Waals surface area contributed by atoms with Crippen LogP contribution < -0.4 is 0 Å². The Labute approximate surface area is 62.2 Å². The fraction of sp³-hybridized carbons (Fsp3) is 1.00. The van der Waals surface area contributed by atoms with Crippen molar-refractivity contribution in [3.63, 3.8) is 0 Å². The molecule has 1 N–H and O–H groups in total. The van der Waals surface area contributed by atoms with Crippen molar-refractivity contribution in [1.29, 1.82) is 0 Å². The Hall–Kier alpha value is -0.0800. The Morgan fingerprint density at radius 3 is 2.00 bits per heavy atom. The third-order valence-electron chi connectivity index (χ3n) is 2.73. The maximum absolute atomic E-state index is 9.71. The Bertz CT molecular complexity index is 114. The fourth-order valence-electron chi connectivity index (χ4n) is 1.34. The molecule has 60 valence electrons. The smallest absolute Gasteiger partial charge is 0.0691 e. The molecule has 1 rings (SSSR count). The molecular weight excluding hydrogens is 128 g/mol. The highest BCUT2D eigenvalue weighted by Crippen LogP contribution is 2.41. The second-order valence-corrected chi connectivity index (χ2v) is 3.69. The van der Waals surface area contributed by atoms with E-state index >= 15 is 0 Å². The van der Waals surface area contributed by atoms with E-state index in [-0.39, 0.29) is 5.41 Å². The maximum atomic E-state index is 9.71. The first-order valence-corrected chi connectivity index (χ1v) is 3.82. The summed E-state index contributed by atoms with van der Waals surface area (Å²) in [6.45, 7) is 7.25. The molecule has 2 heteroatoms. The van der Waals surface area contributed by atoms with Crippen LogP contribution >= 0.6 is 0 Å². The third kappa shape index (κ3) is 0.956. The molecule has 0 spiro atoms. The lowest BCUT2D eigenvalue weighted by Gasteiger charge is -2.49. The first-order chi connectivity index (χ1) is 4.52. The molecule has 1 saturated heterocycles. The van der Waals surface area contributed by atoms with E-state index in [0.29, 0.717) is 13.2 Å². The topological polar surface area (TPSA) is 29.5 Å². The van der Waals surface area contributed by atoms with Crippen LogP contribution in [0.15, 0.2) is 0 Å². The summed E-state index contributed by atoms with van der Waals surface area (Å²) in [6, 6.07) is 0. The SMILES string of the molecule is CCC1(C(C)(C)O)COC1. The van der Waals surface area contributed by atoms with Crippen molar-refractivity contribution in [3.05, 3.63) is 0 Å². The van der Waals surface area contributed by atoms with Crippen molar-refractivity contribution in [3.8, 4) is 0 Å². The summed E-state index contributed by atoms with van der Waals surface area (Å²) in [5.41, 5.74) is -0.549. The van der Waals surface area contributed by atoms with Crippen LogP contribution in [-0.2, 0) is 4.74 Å². The van der Waals surface area contributed by atoms with Gasteiger partial charge in [-0.05, 0) is 20.3 Å². The van der Waals surface area contributed by atoms with Crippen molar-refractivity contribution in [2.45, 2.75) is 32.8 Å². The summed E-state index contributed by atoms with van der Waals surface area (Å²) < 4.78 is 5.10. The summed E-state index contributed by atoms with van der Waals surface area (Å²) in [6.07, 6.45) is 0.997. The minimum Gasteiger partial charge on any atom is -0.390 e. The van der Waals surface area contributed by atoms with Crippen molar-refractivity contribution in [1.82, 2.24) is 0 Å². The lowest BCUT2D eigenvalue weighted by atomic mass is 9.70. The molecule has 0 aliphatic carbocycles. The highest BCUT2D eigenvalue weighted by Gasteiger charge is 2.48. The second kappa shape index (κ2) is 2.21. The molecule has 0 unspecified atom stereocenters. The van der Waals surface area contributed by atoms with Gasteiger partial charge in [-0.3, -0.25) is 0 Å². The number of hydrogen-bond donors (Lipinski definition) is 1. The Morgan fingerprint density at radius 1 is 1.50 bits per heavy atom. The van der Waals surface area contributed by atoms with Crippen LogP contribution in [0, 0.1) is 5.41 Å². The van der Waals surface area contributed by atoms with Gasteiger partial charge in [0.25, 0.3) is 0 Å². The summed E-state index contributed by atoms with van der Waals surface area (Å²) in [5.74, 6) is 0. The molecular formula is C8H16O2. The van der Waals surface area contributed by atoms with Crippen LogP contribution in [-0.4, -0.2) is 23.9 Å². The van der Waals surface area contributed by atoms with Gasteiger partial charge < -0.3 is 9.84 Å². The molecule has 0 saturated carbocycles. The van der Waals surface area contributed by atoms with E-state index in [2.05, 4.69) is 6.92 Å². The third-order valence-corrected chi connectivity index (χ3v) is 2.73. The largest absolute Gasteiger partial charge is 0.390 e. The normalized spacial score (nSPS) is 24.0. The van der Waals surface area contributed by atoms with E-state index in [1.165, 1.54) is 0 Å². The van der Waals surface area contributed by atoms with Crippen LogP contribution in [0.4, 0.5) is 0 Å². The summed E-state index contributed by atoms with van der Waals surface area (Å²) >= 11 is 0. The average Bonchev–Trinajstić information content (AvgIpc) is 1.58. The van der Waals surface area contributed by atoms with Gasteiger partial charge in [0.05, 0.1) is 18.8 Å². The number of aliphatic hydroxyl groups is 1. The first-order valence-electron chi connectivity index (χ1n) is 3.82. The van der Waals surface area contributed by atoms with Crippen LogP contribution in [0.1, 0.15) is 27.2 Å². The van der Waals surface area contributed by atoms with E-state index in [4.69, 9.17) is 4.74 Å². The highest BCUT2D eigenvalue weighted by atomic mass is 16.5. The first kappa shape index (κ1) is 8.02. The van der Waals surface area contributed by atoms with Crippen molar-refractivity contribution in [2.24, 2.45) is 5.41 Å². The second-order valence-electron chi connectivity index (χ2n) is 3.69. The van der Waals surface area contributed by atoms with Gasteiger partial charge in [-0.25, -0.2) is 0 Å². The molecule has 1 fully saturated rings. The molecule has 0 atom stereocenters. The quantitative estimate of drug-likeness (QED) is 0.630. The van der Waals surface area contributed by atoms with E-state index in [9.17, 15) is 5.11 Å². The number of ether oxygens (including phenoxy) is 1. The molecule has 0 aromatic carbocycles. The van der Waals surface area contributed by atoms with Gasteiger partial charge in [0.2, 0.25) is 0 Å². The van der Waals surface area contributed by atoms with Crippen LogP contribution in [0.2, 0.25) is 0 Å². The molecule has 0 aromatic heterocycles. The molecule has 0 bridgehead atoms. The van der Waals surface area contributed by atoms with Crippen LogP contribution in [0.5, 0.6) is 0 Å². The Balaban J connectivity index is 2.65. The molecule has 0 amide bonds. The summed E-state index contributed by atoms with van der Waals surface area (Å²) in [5, 5.41) is 9.71. The van der Waals surface area contributed by atoms with E-state index < -0.39 is 5.60 Å². The van der Waals surface area contributed by atoms with E-state index in [1.54, 1.807) is 0 Å². The molecule has 1 aliphatic rings. The van der Waals surface area contributed by atoms with Gasteiger partial charge in [0.15, 0.2) is 0 Å². The van der Waals surface area contributed by atoms with E-state index in [0.717, 1.165) is 6.42 Å². The summed E-state index contributed by atoms with van der Waals surface area (Å²) in [7, 11) is 0. The van der Waals surface area contributed by atoms with Gasteiger partial charge in [-0.2, -0.15) is 0 Å². The number of hydrogen-bond acceptors (Lipinski definition) is 2. The lowest BCUT2D eigenvalue weighted by Crippen LogP contribution is -2.56. The highest BCUT2D eigenvalue weighted by molar-refractivity contribution is 4.96. The molecule has 1 aliphatic heterocycles. The minimum absolute atomic E-state index is 0.0347. The van der Waals surface area contributed by atoms with Gasteiger partial charge in [-0.1, -0.05) is 6.92 Å². The zero-order valence-corrected chi connectivity index (χ0v) is 6.98. The monoisotopic (exact) mass is 144 g/mol. The Kier molecular flexibility index (Phi) is 1.77. The standard InChI is InChI=1S/C8H16O2/c1-4-8(5-10-6-8)7(2,3)9/h9H,4-6H2,1-3H3. The fourth-order valence-corrected chi connectivity index (χ4v) is 1.34. The predicted octanol–water partition coefficient (Wildman–Crippen LogP) is 1.18. The maximum Gasteiger partial charge on any atom is 0.0691 e. The molecule has 1 heterocycles. The van der Waals surface area contributed by atoms with E-state index in [1.807, 2.05) is 13.8 Å². The minimum atomic E-state index is -0.583. The van der Waals surface area contributed by atoms with Crippen molar-refractivity contribution in [2.75, 3.05) is 13.2 Å². The Morgan fingerprint density at radius 2 is 2.00 bits per heavy atom. The van der Waals surface area contributed by atoms with Crippen LogP contribution in [0.3, 0.4) is 0 Å². The zero-order chi connectivity index (χ0) is 7.83. The zero-order valence-electron chi connectivity index (χ0n) is 6.98. The summed E-state index contributed by atoms with van der Waals surface area (Å²) in [4.78, 5) is 0. The van der Waals surface area contributed by atoms with Crippen LogP contribution in [0.25, 0.3) is 0 Å². The molecule has 10 heavy (non-hydrogen) atoms. The molecule has 2 nitrogen and oxygen atoms in total. The molecule has 0 aromatic rings. The van der Waals surface area contributed by atoms with Gasteiger partial charge in [0, 0.05) is 5.41 Å². The van der Waals surface area contributed by atoms with Crippen molar-refractivity contribution < 1.29 is 9.84 Å². The van der Waals surface area contributed by atoms with Gasteiger partial charge >= 0.3 is 0 Å². The molecule has 0 radical (unpaired) electrons.